The highest BCUT2D eigenvalue weighted by Gasteiger charge is 2.44. The fourth-order valence-electron chi connectivity index (χ4n) is 3.41. The van der Waals surface area contributed by atoms with Crippen molar-refractivity contribution in [2.75, 3.05) is 24.7 Å². The summed E-state index contributed by atoms with van der Waals surface area (Å²) in [6.07, 6.45) is -2.67. The fraction of sp³-hybridized carbons (Fsp3) is 0.381. The van der Waals surface area contributed by atoms with Crippen LogP contribution >= 0.6 is 0 Å². The molecule has 1 aliphatic carbocycles. The van der Waals surface area contributed by atoms with Crippen molar-refractivity contribution in [3.8, 4) is 5.75 Å². The predicted octanol–water partition coefficient (Wildman–Crippen LogP) is 3.20. The first-order valence-corrected chi connectivity index (χ1v) is 10.2. The van der Waals surface area contributed by atoms with Crippen molar-refractivity contribution in [3.63, 3.8) is 0 Å². The van der Waals surface area contributed by atoms with E-state index in [1.165, 1.54) is 13.2 Å². The second-order valence-electron chi connectivity index (χ2n) is 7.82. The Labute approximate surface area is 200 Å². The van der Waals surface area contributed by atoms with Gasteiger partial charge in [0.2, 0.25) is 5.91 Å². The van der Waals surface area contributed by atoms with Gasteiger partial charge in [0.05, 0.1) is 36.4 Å². The van der Waals surface area contributed by atoms with Gasteiger partial charge in [-0.1, -0.05) is 0 Å². The van der Waals surface area contributed by atoms with Crippen molar-refractivity contribution in [2.45, 2.75) is 31.6 Å². The number of rotatable bonds is 7. The maximum atomic E-state index is 13.5. The maximum absolute atomic E-state index is 13.5. The van der Waals surface area contributed by atoms with Gasteiger partial charge in [-0.25, -0.2) is 18.9 Å². The van der Waals surface area contributed by atoms with Gasteiger partial charge in [0.15, 0.2) is 11.6 Å². The third-order valence-corrected chi connectivity index (χ3v) is 5.53. The highest BCUT2D eigenvalue weighted by Crippen LogP contribution is 2.41. The number of aromatic nitrogens is 4. The maximum Gasteiger partial charge on any atom is 0.395 e. The molecule has 3 N–H and O–H groups in total. The zero-order valence-electron chi connectivity index (χ0n) is 21.3. The van der Waals surface area contributed by atoms with E-state index >= 15 is 0 Å². The smallest absolute Gasteiger partial charge is 0.395 e. The van der Waals surface area contributed by atoms with Crippen molar-refractivity contribution in [3.05, 3.63) is 35.9 Å². The molecule has 3 atom stereocenters. The molecular formula is C21H21F4N7O3. The van der Waals surface area contributed by atoms with E-state index in [4.69, 9.17) is 8.85 Å². The highest BCUT2D eigenvalue weighted by molar-refractivity contribution is 6.01. The number of alkyl halides is 4. The Hall–Kier alpha value is -3.97. The van der Waals surface area contributed by atoms with Crippen LogP contribution < -0.4 is 20.7 Å². The van der Waals surface area contributed by atoms with Gasteiger partial charge in [-0.2, -0.15) is 18.3 Å². The lowest BCUT2D eigenvalue weighted by Gasteiger charge is -2.17. The summed E-state index contributed by atoms with van der Waals surface area (Å²) in [7, 11) is 1.20. The molecule has 0 aliphatic heterocycles. The van der Waals surface area contributed by atoms with E-state index in [-0.39, 0.29) is 46.1 Å². The molecular weight excluding hydrogens is 474 g/mol. The lowest BCUT2D eigenvalue weighted by atomic mass is 10.0. The number of carbonyl (C=O) groups is 2. The van der Waals surface area contributed by atoms with Gasteiger partial charge in [-0.05, 0) is 13.3 Å². The van der Waals surface area contributed by atoms with Gasteiger partial charge >= 0.3 is 6.18 Å². The van der Waals surface area contributed by atoms with E-state index in [9.17, 15) is 27.2 Å². The van der Waals surface area contributed by atoms with E-state index in [1.54, 1.807) is 5.32 Å². The summed E-state index contributed by atoms with van der Waals surface area (Å²) in [5, 5.41) is 10.9. The average molecular weight is 498 g/mol. The molecule has 14 heteroatoms. The normalized spacial score (nSPS) is 19.8. The standard InChI is InChI=1S/C21H21F4N7O3/c1-9(21(23,24)25)11-7-29-32-8-28-18(17(35-3)16(11)32)30-14-5-15(27-6-12(14)19(33)26-2)31-20(34)10-4-13(10)22/h5-10,13H,4H2,1-3H3,(H,26,33)(H2,27,30,31,34)/t9?,10-,13+/m1/s1/i2D3. The van der Waals surface area contributed by atoms with Crippen molar-refractivity contribution in [1.82, 2.24) is 24.9 Å². The summed E-state index contributed by atoms with van der Waals surface area (Å²) < 4.78 is 82.0. The van der Waals surface area contributed by atoms with Crippen molar-refractivity contribution < 1.29 is 36.0 Å². The number of halogens is 4. The number of carbonyl (C=O) groups excluding carboxylic acids is 2. The third-order valence-electron chi connectivity index (χ3n) is 5.53. The predicted molar refractivity (Wildman–Crippen MR) is 117 cm³/mol. The summed E-state index contributed by atoms with van der Waals surface area (Å²) >= 11 is 0. The van der Waals surface area contributed by atoms with Crippen molar-refractivity contribution in [2.24, 2.45) is 5.92 Å². The molecule has 1 aliphatic rings. The number of amides is 2. The number of nitrogens with zero attached hydrogens (tertiary/aromatic N) is 4. The van der Waals surface area contributed by atoms with E-state index in [2.05, 4.69) is 25.7 Å². The van der Waals surface area contributed by atoms with Gasteiger partial charge < -0.3 is 20.7 Å². The summed E-state index contributed by atoms with van der Waals surface area (Å²) in [5.74, 6) is -4.86. The van der Waals surface area contributed by atoms with Gasteiger partial charge in [0.25, 0.3) is 5.91 Å². The molecule has 1 unspecified atom stereocenters. The lowest BCUT2D eigenvalue weighted by molar-refractivity contribution is -0.146. The van der Waals surface area contributed by atoms with Crippen molar-refractivity contribution >= 4 is 34.7 Å². The van der Waals surface area contributed by atoms with Crippen LogP contribution in [0.5, 0.6) is 5.75 Å². The van der Waals surface area contributed by atoms with Crippen LogP contribution in [-0.2, 0) is 4.79 Å². The summed E-state index contributed by atoms with van der Waals surface area (Å²) in [5.41, 5.74) is -0.665. The van der Waals surface area contributed by atoms with E-state index in [1.807, 2.05) is 0 Å². The van der Waals surface area contributed by atoms with Crippen LogP contribution in [0.2, 0.25) is 0 Å². The highest BCUT2D eigenvalue weighted by atomic mass is 19.4. The molecule has 4 rings (SSSR count). The first-order valence-electron chi connectivity index (χ1n) is 11.7. The Kier molecular flexibility index (Phi) is 5.25. The summed E-state index contributed by atoms with van der Waals surface area (Å²) in [4.78, 5) is 32.9. The number of fused-ring (bicyclic) bond motifs is 1. The number of hydrogen-bond donors (Lipinski definition) is 3. The number of nitrogens with one attached hydrogen (secondary N) is 3. The molecule has 0 saturated heterocycles. The molecule has 0 bridgehead atoms. The van der Waals surface area contributed by atoms with Gasteiger partial charge in [-0.3, -0.25) is 9.59 Å². The van der Waals surface area contributed by atoms with E-state index in [0.29, 0.717) is 0 Å². The van der Waals surface area contributed by atoms with Crippen LogP contribution in [0.3, 0.4) is 0 Å². The number of ether oxygens (including phenoxy) is 1. The first-order chi connectivity index (χ1) is 17.7. The fourth-order valence-corrected chi connectivity index (χ4v) is 3.41. The third kappa shape index (κ3) is 4.68. The number of pyridine rings is 1. The topological polar surface area (TPSA) is 123 Å². The molecule has 186 valence electrons. The minimum Gasteiger partial charge on any atom is -0.491 e. The van der Waals surface area contributed by atoms with Crippen LogP contribution in [0.4, 0.5) is 34.9 Å². The number of hydrogen-bond acceptors (Lipinski definition) is 7. The van der Waals surface area contributed by atoms with Gasteiger partial charge in [0.1, 0.15) is 23.8 Å². The molecule has 3 heterocycles. The molecule has 1 saturated carbocycles. The van der Waals surface area contributed by atoms with Crippen molar-refractivity contribution in [1.29, 1.82) is 0 Å². The van der Waals surface area contributed by atoms with Crippen LogP contribution in [-0.4, -0.2) is 57.8 Å². The minimum atomic E-state index is -4.58. The molecule has 3 aromatic heterocycles. The molecule has 0 spiro atoms. The summed E-state index contributed by atoms with van der Waals surface area (Å²) in [6.45, 7) is -1.89. The van der Waals surface area contributed by atoms with Crippen LogP contribution in [0.15, 0.2) is 24.8 Å². The Morgan fingerprint density at radius 3 is 2.69 bits per heavy atom. The molecule has 0 radical (unpaired) electrons. The molecule has 0 aromatic carbocycles. The molecule has 35 heavy (non-hydrogen) atoms. The number of methoxy groups -OCH3 is 1. The lowest BCUT2D eigenvalue weighted by Crippen LogP contribution is -2.21. The molecule has 2 amide bonds. The second kappa shape index (κ2) is 9.00. The molecule has 10 nitrogen and oxygen atoms in total. The zero-order valence-corrected chi connectivity index (χ0v) is 18.3. The van der Waals surface area contributed by atoms with E-state index < -0.39 is 43.0 Å². The Balaban J connectivity index is 1.77. The Morgan fingerprint density at radius 1 is 1.31 bits per heavy atom. The monoisotopic (exact) mass is 498 g/mol. The molecule has 3 aromatic rings. The summed E-state index contributed by atoms with van der Waals surface area (Å²) in [6, 6.07) is 1.17. The van der Waals surface area contributed by atoms with Crippen LogP contribution in [0.25, 0.3) is 5.52 Å². The second-order valence-corrected chi connectivity index (χ2v) is 7.82. The van der Waals surface area contributed by atoms with Gasteiger partial charge in [-0.15, -0.1) is 0 Å². The van der Waals surface area contributed by atoms with Gasteiger partial charge in [0, 0.05) is 28.9 Å². The Bertz CT molecular complexity index is 1400. The largest absolute Gasteiger partial charge is 0.491 e. The van der Waals surface area contributed by atoms with E-state index in [0.717, 1.165) is 30.2 Å². The average Bonchev–Trinajstić information content (AvgIpc) is 3.40. The Morgan fingerprint density at radius 2 is 2.06 bits per heavy atom. The van der Waals surface area contributed by atoms with Crippen LogP contribution in [0, 0.1) is 5.92 Å². The first kappa shape index (κ1) is 20.4. The SMILES string of the molecule is [2H]C([2H])([2H])NC(=O)c1cnc(NC(=O)[C@@H]2C[C@@H]2F)cc1Nc1ncn2ncc(C(C)C(F)(F)F)c2c1OC. The number of anilines is 3. The minimum absolute atomic E-state index is 0.0476. The quantitative estimate of drug-likeness (QED) is 0.428. The van der Waals surface area contributed by atoms with Crippen LogP contribution in [0.1, 0.15) is 39.3 Å². The zero-order chi connectivity index (χ0) is 28.0. The molecule has 1 fully saturated rings.